The maximum atomic E-state index is 9.25. The van der Waals surface area contributed by atoms with Gasteiger partial charge in [-0.1, -0.05) is 17.3 Å². The molecular formula is C23H22N8. The third kappa shape index (κ3) is 3.63. The van der Waals surface area contributed by atoms with Crippen LogP contribution in [0.1, 0.15) is 42.1 Å². The maximum absolute atomic E-state index is 9.25. The van der Waals surface area contributed by atoms with E-state index in [-0.39, 0.29) is 6.04 Å². The van der Waals surface area contributed by atoms with Crippen LogP contribution in [0.5, 0.6) is 0 Å². The van der Waals surface area contributed by atoms with Crippen molar-refractivity contribution in [1.29, 1.82) is 10.5 Å². The van der Waals surface area contributed by atoms with E-state index < -0.39 is 0 Å². The van der Waals surface area contributed by atoms with E-state index in [1.54, 1.807) is 12.3 Å². The van der Waals surface area contributed by atoms with Crippen LogP contribution < -0.4 is 4.90 Å². The molecule has 8 heteroatoms. The predicted molar refractivity (Wildman–Crippen MR) is 115 cm³/mol. The number of nitrogens with one attached hydrogen (secondary N) is 1. The molecule has 8 nitrogen and oxygen atoms in total. The van der Waals surface area contributed by atoms with Gasteiger partial charge in [0.1, 0.15) is 17.6 Å². The first kappa shape index (κ1) is 19.2. The fourth-order valence-electron chi connectivity index (χ4n) is 4.82. The molecule has 0 saturated carbocycles. The van der Waals surface area contributed by atoms with Crippen LogP contribution in [-0.2, 0) is 0 Å². The molecule has 0 unspecified atom stereocenters. The van der Waals surface area contributed by atoms with E-state index in [0.29, 0.717) is 17.2 Å². The Balaban J connectivity index is 1.38. The number of piperidine rings is 1. The highest BCUT2D eigenvalue weighted by Crippen LogP contribution is 2.39. The molecule has 0 spiro atoms. The third-order valence-electron chi connectivity index (χ3n) is 6.32. The lowest BCUT2D eigenvalue weighted by molar-refractivity contribution is 0.0694. The molecular weight excluding hydrogens is 388 g/mol. The number of nitrogens with zero attached hydrogens (tertiary/aromatic N) is 7. The summed E-state index contributed by atoms with van der Waals surface area (Å²) in [6.45, 7) is 2.71. The summed E-state index contributed by atoms with van der Waals surface area (Å²) >= 11 is 0. The van der Waals surface area contributed by atoms with E-state index in [0.717, 1.165) is 61.7 Å². The number of piperazine rings is 1. The van der Waals surface area contributed by atoms with Crippen LogP contribution in [0.2, 0.25) is 0 Å². The van der Waals surface area contributed by atoms with Gasteiger partial charge in [-0.3, -0.25) is 10.00 Å². The van der Waals surface area contributed by atoms with E-state index in [1.807, 2.05) is 30.3 Å². The first-order chi connectivity index (χ1) is 15.3. The van der Waals surface area contributed by atoms with Gasteiger partial charge in [-0.25, -0.2) is 4.98 Å². The fourth-order valence-corrected chi connectivity index (χ4v) is 4.82. The van der Waals surface area contributed by atoms with Crippen LogP contribution in [0.3, 0.4) is 0 Å². The van der Waals surface area contributed by atoms with Crippen molar-refractivity contribution in [2.45, 2.75) is 31.3 Å². The van der Waals surface area contributed by atoms with Crippen LogP contribution in [0.25, 0.3) is 11.3 Å². The summed E-state index contributed by atoms with van der Waals surface area (Å²) in [7, 11) is 0. The number of nitriles is 2. The number of fused-ring (bicyclic) bond motifs is 1. The second-order valence-electron chi connectivity index (χ2n) is 8.07. The van der Waals surface area contributed by atoms with E-state index >= 15 is 0 Å². The van der Waals surface area contributed by atoms with Gasteiger partial charge in [0.05, 0.1) is 28.9 Å². The molecule has 2 fully saturated rings. The molecule has 2 aliphatic rings. The largest absolute Gasteiger partial charge is 0.354 e. The first-order valence-corrected chi connectivity index (χ1v) is 10.5. The number of aromatic nitrogens is 4. The standard InChI is InChI=1S/C23H22N8/c24-12-16-3-1-4-18(11-16)22-23(28-29-27-22)20-6-2-5-19-15-30(9-10-31(19)20)21-8-7-17(13-25)14-26-21/h1,3-4,7-8,11,14,19-20H,2,5-6,9-10,15H2,(H,27,28,29)/t19-,20+/m0/s1. The number of hydrogen-bond donors (Lipinski definition) is 1. The van der Waals surface area contributed by atoms with E-state index in [2.05, 4.69) is 42.3 Å². The van der Waals surface area contributed by atoms with Crippen LogP contribution in [0.4, 0.5) is 5.82 Å². The van der Waals surface area contributed by atoms with Crippen molar-refractivity contribution >= 4 is 5.82 Å². The Morgan fingerprint density at radius 1 is 1.03 bits per heavy atom. The summed E-state index contributed by atoms with van der Waals surface area (Å²) in [6, 6.07) is 16.3. The van der Waals surface area contributed by atoms with Crippen molar-refractivity contribution in [2.24, 2.45) is 0 Å². The van der Waals surface area contributed by atoms with Gasteiger partial charge in [0, 0.05) is 37.4 Å². The highest BCUT2D eigenvalue weighted by molar-refractivity contribution is 5.63. The lowest BCUT2D eigenvalue weighted by Gasteiger charge is -2.48. The highest BCUT2D eigenvalue weighted by Gasteiger charge is 2.38. The summed E-state index contributed by atoms with van der Waals surface area (Å²) in [5.74, 6) is 0.927. The zero-order chi connectivity index (χ0) is 21.2. The van der Waals surface area contributed by atoms with Crippen LogP contribution in [0, 0.1) is 22.7 Å². The van der Waals surface area contributed by atoms with Gasteiger partial charge < -0.3 is 4.90 Å². The highest BCUT2D eigenvalue weighted by atomic mass is 15.4. The van der Waals surface area contributed by atoms with Crippen molar-refractivity contribution in [2.75, 3.05) is 24.5 Å². The molecule has 154 valence electrons. The van der Waals surface area contributed by atoms with E-state index in [1.165, 1.54) is 0 Å². The van der Waals surface area contributed by atoms with Gasteiger partial charge in [0.15, 0.2) is 0 Å². The lowest BCUT2D eigenvalue weighted by Crippen LogP contribution is -2.56. The van der Waals surface area contributed by atoms with Crippen LogP contribution in [0.15, 0.2) is 42.6 Å². The topological polar surface area (TPSA) is 109 Å². The minimum atomic E-state index is 0.203. The minimum absolute atomic E-state index is 0.203. The molecule has 1 aromatic carbocycles. The van der Waals surface area contributed by atoms with E-state index in [9.17, 15) is 5.26 Å². The molecule has 0 amide bonds. The lowest BCUT2D eigenvalue weighted by atomic mass is 9.90. The zero-order valence-corrected chi connectivity index (χ0v) is 17.1. The Morgan fingerprint density at radius 2 is 1.94 bits per heavy atom. The molecule has 5 rings (SSSR count). The number of aromatic amines is 1. The summed E-state index contributed by atoms with van der Waals surface area (Å²) in [5.41, 5.74) is 4.02. The average molecular weight is 410 g/mol. The molecule has 0 radical (unpaired) electrons. The number of pyridine rings is 1. The average Bonchev–Trinajstić information content (AvgIpc) is 3.33. The molecule has 0 aliphatic carbocycles. The van der Waals surface area contributed by atoms with Crippen LogP contribution in [-0.4, -0.2) is 51.0 Å². The number of hydrogen-bond acceptors (Lipinski definition) is 7. The van der Waals surface area contributed by atoms with E-state index in [4.69, 9.17) is 5.26 Å². The van der Waals surface area contributed by atoms with Gasteiger partial charge in [0.25, 0.3) is 0 Å². The molecule has 1 N–H and O–H groups in total. The van der Waals surface area contributed by atoms with Crippen molar-refractivity contribution in [3.8, 4) is 23.4 Å². The molecule has 2 saturated heterocycles. The molecule has 2 aliphatic heterocycles. The molecule has 2 aromatic heterocycles. The van der Waals surface area contributed by atoms with Crippen LogP contribution >= 0.6 is 0 Å². The SMILES string of the molecule is N#Cc1ccc(N2CCN3[C@@H](CCC[C@@H]3c3nn[nH]c3-c3cccc(C#N)c3)C2)nc1. The second kappa shape index (κ2) is 8.17. The van der Waals surface area contributed by atoms with Crippen molar-refractivity contribution in [3.05, 3.63) is 59.4 Å². The van der Waals surface area contributed by atoms with Gasteiger partial charge in [-0.2, -0.15) is 10.5 Å². The monoisotopic (exact) mass is 410 g/mol. The summed E-state index contributed by atoms with van der Waals surface area (Å²) in [6.07, 6.45) is 4.96. The molecule has 0 bridgehead atoms. The number of benzene rings is 1. The smallest absolute Gasteiger partial charge is 0.128 e. The van der Waals surface area contributed by atoms with Crippen molar-refractivity contribution in [1.82, 2.24) is 25.3 Å². The molecule has 2 atom stereocenters. The normalized spacial score (nSPS) is 21.2. The third-order valence-corrected chi connectivity index (χ3v) is 6.32. The summed E-state index contributed by atoms with van der Waals surface area (Å²) < 4.78 is 0. The maximum Gasteiger partial charge on any atom is 0.128 e. The number of rotatable bonds is 3. The minimum Gasteiger partial charge on any atom is -0.354 e. The van der Waals surface area contributed by atoms with Crippen molar-refractivity contribution in [3.63, 3.8) is 0 Å². The molecule has 31 heavy (non-hydrogen) atoms. The van der Waals surface area contributed by atoms with Gasteiger partial charge in [-0.05, 0) is 43.5 Å². The Hall–Kier alpha value is -3.75. The second-order valence-corrected chi connectivity index (χ2v) is 8.07. The Kier molecular flexibility index (Phi) is 5.07. The molecule has 4 heterocycles. The number of H-pyrrole nitrogens is 1. The van der Waals surface area contributed by atoms with Crippen molar-refractivity contribution < 1.29 is 0 Å². The summed E-state index contributed by atoms with van der Waals surface area (Å²) in [5, 5.41) is 29.9. The quantitative estimate of drug-likeness (QED) is 0.707. The van der Waals surface area contributed by atoms with Gasteiger partial charge in [-0.15, -0.1) is 5.10 Å². The zero-order valence-electron chi connectivity index (χ0n) is 17.1. The Labute approximate surface area is 180 Å². The first-order valence-electron chi connectivity index (χ1n) is 10.5. The fraction of sp³-hybridized carbons (Fsp3) is 0.348. The Morgan fingerprint density at radius 3 is 2.74 bits per heavy atom. The van der Waals surface area contributed by atoms with Gasteiger partial charge in [0.2, 0.25) is 0 Å². The molecule has 3 aromatic rings. The summed E-state index contributed by atoms with van der Waals surface area (Å²) in [4.78, 5) is 9.35. The predicted octanol–water partition coefficient (Wildman–Crippen LogP) is 3.03. The Bertz CT molecular complexity index is 1150. The van der Waals surface area contributed by atoms with Gasteiger partial charge >= 0.3 is 0 Å². The number of anilines is 1.